The van der Waals surface area contributed by atoms with Gasteiger partial charge in [-0.1, -0.05) is 0 Å². The Bertz CT molecular complexity index is 487. The Morgan fingerprint density at radius 1 is 1.47 bits per heavy atom. The quantitative estimate of drug-likeness (QED) is 0.895. The van der Waals surface area contributed by atoms with Crippen molar-refractivity contribution in [1.82, 2.24) is 4.98 Å². The average molecular weight is 291 g/mol. The zero-order chi connectivity index (χ0) is 14.0. The largest absolute Gasteiger partial charge is 0.433 e. The van der Waals surface area contributed by atoms with Gasteiger partial charge in [-0.2, -0.15) is 24.9 Å². The van der Waals surface area contributed by atoms with Crippen molar-refractivity contribution < 1.29 is 18.0 Å². The van der Waals surface area contributed by atoms with E-state index in [-0.39, 0.29) is 17.4 Å². The number of anilines is 1. The van der Waals surface area contributed by atoms with Crippen molar-refractivity contribution in [2.75, 3.05) is 16.8 Å². The number of hydrogen-bond acceptors (Lipinski definition) is 4. The Labute approximate surface area is 112 Å². The Morgan fingerprint density at radius 2 is 2.21 bits per heavy atom. The van der Waals surface area contributed by atoms with Gasteiger partial charge in [0.25, 0.3) is 5.91 Å². The Balaban J connectivity index is 2.32. The highest BCUT2D eigenvalue weighted by molar-refractivity contribution is 7.99. The van der Waals surface area contributed by atoms with Gasteiger partial charge in [-0.05, 0) is 24.3 Å². The number of pyridine rings is 1. The van der Waals surface area contributed by atoms with Gasteiger partial charge >= 0.3 is 6.18 Å². The summed E-state index contributed by atoms with van der Waals surface area (Å²) < 4.78 is 37.8. The zero-order valence-corrected chi connectivity index (χ0v) is 10.6. The molecule has 8 heteroatoms. The smallest absolute Gasteiger partial charge is 0.366 e. The predicted octanol–water partition coefficient (Wildman–Crippen LogP) is 2.12. The molecule has 1 aromatic heterocycles. The third-order valence-electron chi connectivity index (χ3n) is 2.72. The van der Waals surface area contributed by atoms with Crippen LogP contribution in [0.4, 0.5) is 19.0 Å². The van der Waals surface area contributed by atoms with Crippen LogP contribution in [-0.4, -0.2) is 28.4 Å². The fourth-order valence-electron chi connectivity index (χ4n) is 1.77. The van der Waals surface area contributed by atoms with Crippen molar-refractivity contribution in [2.45, 2.75) is 18.6 Å². The highest BCUT2D eigenvalue weighted by Gasteiger charge is 2.33. The molecule has 19 heavy (non-hydrogen) atoms. The minimum Gasteiger partial charge on any atom is -0.366 e. The minimum absolute atomic E-state index is 0.0130. The van der Waals surface area contributed by atoms with Crippen LogP contribution in [0, 0.1) is 0 Å². The lowest BCUT2D eigenvalue weighted by Gasteiger charge is -2.16. The Kier molecular flexibility index (Phi) is 3.88. The van der Waals surface area contributed by atoms with Crippen LogP contribution in [0.3, 0.4) is 0 Å². The van der Waals surface area contributed by atoms with Gasteiger partial charge < -0.3 is 11.1 Å². The molecule has 0 spiro atoms. The van der Waals surface area contributed by atoms with Gasteiger partial charge in [0.1, 0.15) is 11.5 Å². The summed E-state index contributed by atoms with van der Waals surface area (Å²) in [6.07, 6.45) is -3.72. The number of rotatable bonds is 3. The number of primary amides is 1. The molecule has 1 aliphatic heterocycles. The summed E-state index contributed by atoms with van der Waals surface area (Å²) in [5.41, 5.74) is 4.08. The van der Waals surface area contributed by atoms with E-state index in [9.17, 15) is 18.0 Å². The molecule has 0 aliphatic carbocycles. The van der Waals surface area contributed by atoms with E-state index in [0.29, 0.717) is 0 Å². The van der Waals surface area contributed by atoms with Crippen LogP contribution < -0.4 is 11.1 Å². The summed E-state index contributed by atoms with van der Waals surface area (Å²) in [6, 6.07) is 1.83. The number of aromatic nitrogens is 1. The molecule has 2 heterocycles. The van der Waals surface area contributed by atoms with Crippen LogP contribution in [-0.2, 0) is 6.18 Å². The normalized spacial score (nSPS) is 19.4. The monoisotopic (exact) mass is 291 g/mol. The zero-order valence-electron chi connectivity index (χ0n) is 9.83. The van der Waals surface area contributed by atoms with E-state index >= 15 is 0 Å². The van der Waals surface area contributed by atoms with Gasteiger partial charge in [0.05, 0.1) is 5.56 Å². The summed E-state index contributed by atoms with van der Waals surface area (Å²) in [5.74, 6) is 0.822. The van der Waals surface area contributed by atoms with Crippen molar-refractivity contribution >= 4 is 23.5 Å². The summed E-state index contributed by atoms with van der Waals surface area (Å²) in [4.78, 5) is 14.7. The van der Waals surface area contributed by atoms with Gasteiger partial charge in [-0.3, -0.25) is 4.79 Å². The lowest BCUT2D eigenvalue weighted by Crippen LogP contribution is -2.24. The van der Waals surface area contributed by atoms with E-state index in [2.05, 4.69) is 10.3 Å². The highest BCUT2D eigenvalue weighted by atomic mass is 32.2. The molecule has 4 nitrogen and oxygen atoms in total. The minimum atomic E-state index is -4.54. The van der Waals surface area contributed by atoms with Gasteiger partial charge in [0.2, 0.25) is 0 Å². The lowest BCUT2D eigenvalue weighted by atomic mass is 10.2. The van der Waals surface area contributed by atoms with E-state index < -0.39 is 17.8 Å². The lowest BCUT2D eigenvalue weighted by molar-refractivity contribution is -0.141. The standard InChI is InChI=1S/C11H12F3N3OS/c12-11(13,14)8-2-1-7(9(15)18)10(17-8)16-6-3-4-19-5-6/h1-2,6H,3-5H2,(H2,15,18)(H,16,17). The van der Waals surface area contributed by atoms with Crippen LogP contribution in [0.1, 0.15) is 22.5 Å². The van der Waals surface area contributed by atoms with Crippen LogP contribution >= 0.6 is 11.8 Å². The van der Waals surface area contributed by atoms with E-state index in [1.54, 1.807) is 11.8 Å². The number of amides is 1. The molecule has 104 valence electrons. The first-order valence-corrected chi connectivity index (χ1v) is 6.75. The second kappa shape index (κ2) is 5.28. The molecule has 1 saturated heterocycles. The van der Waals surface area contributed by atoms with Crippen LogP contribution in [0.2, 0.25) is 0 Å². The summed E-state index contributed by atoms with van der Waals surface area (Å²) in [6.45, 7) is 0. The van der Waals surface area contributed by atoms with Crippen molar-refractivity contribution in [3.63, 3.8) is 0 Å². The van der Waals surface area contributed by atoms with Gasteiger partial charge in [-0.15, -0.1) is 0 Å². The fraction of sp³-hybridized carbons (Fsp3) is 0.455. The summed E-state index contributed by atoms with van der Waals surface area (Å²) in [5, 5.41) is 2.87. The van der Waals surface area contributed by atoms with Crippen molar-refractivity contribution in [3.8, 4) is 0 Å². The molecule has 0 radical (unpaired) electrons. The number of halogens is 3. The maximum Gasteiger partial charge on any atom is 0.433 e. The number of thioether (sulfide) groups is 1. The molecular formula is C11H12F3N3OS. The number of carbonyl (C=O) groups is 1. The first-order chi connectivity index (χ1) is 8.88. The molecule has 0 bridgehead atoms. The van der Waals surface area contributed by atoms with Gasteiger partial charge in [-0.25, -0.2) is 4.98 Å². The molecule has 1 unspecified atom stereocenters. The highest BCUT2D eigenvalue weighted by Crippen LogP contribution is 2.30. The summed E-state index contributed by atoms with van der Waals surface area (Å²) >= 11 is 1.70. The molecule has 0 saturated carbocycles. The molecule has 0 aromatic carbocycles. The molecular weight excluding hydrogens is 279 g/mol. The van der Waals surface area contributed by atoms with Crippen molar-refractivity contribution in [2.24, 2.45) is 5.73 Å². The van der Waals surface area contributed by atoms with Gasteiger partial charge in [0, 0.05) is 11.8 Å². The van der Waals surface area contributed by atoms with E-state index in [0.717, 1.165) is 30.1 Å². The van der Waals surface area contributed by atoms with Crippen LogP contribution in [0.25, 0.3) is 0 Å². The number of hydrogen-bond donors (Lipinski definition) is 2. The number of nitrogens with zero attached hydrogens (tertiary/aromatic N) is 1. The number of nitrogens with two attached hydrogens (primary N) is 1. The number of carbonyl (C=O) groups excluding carboxylic acids is 1. The van der Waals surface area contributed by atoms with Gasteiger partial charge in [0.15, 0.2) is 0 Å². The van der Waals surface area contributed by atoms with E-state index in [1.165, 1.54) is 0 Å². The molecule has 2 rings (SSSR count). The fourth-order valence-corrected chi connectivity index (χ4v) is 2.92. The van der Waals surface area contributed by atoms with E-state index in [4.69, 9.17) is 5.73 Å². The molecule has 1 amide bonds. The summed E-state index contributed by atoms with van der Waals surface area (Å²) in [7, 11) is 0. The second-order valence-electron chi connectivity index (χ2n) is 4.16. The Hall–Kier alpha value is -1.44. The maximum absolute atomic E-state index is 12.6. The molecule has 1 fully saturated rings. The topological polar surface area (TPSA) is 68.0 Å². The maximum atomic E-state index is 12.6. The van der Waals surface area contributed by atoms with Crippen LogP contribution in [0.15, 0.2) is 12.1 Å². The van der Waals surface area contributed by atoms with Crippen LogP contribution in [0.5, 0.6) is 0 Å². The number of alkyl halides is 3. The Morgan fingerprint density at radius 3 is 2.74 bits per heavy atom. The first-order valence-electron chi connectivity index (χ1n) is 5.60. The number of nitrogens with one attached hydrogen (secondary N) is 1. The molecule has 1 aliphatic rings. The molecule has 1 aromatic rings. The average Bonchev–Trinajstić information content (AvgIpc) is 2.80. The molecule has 3 N–H and O–H groups in total. The van der Waals surface area contributed by atoms with Crippen molar-refractivity contribution in [3.05, 3.63) is 23.4 Å². The third kappa shape index (κ3) is 3.31. The molecule has 1 atom stereocenters. The second-order valence-corrected chi connectivity index (χ2v) is 5.31. The third-order valence-corrected chi connectivity index (χ3v) is 3.88. The van der Waals surface area contributed by atoms with Crippen molar-refractivity contribution in [1.29, 1.82) is 0 Å². The first kappa shape index (κ1) is 14.0. The SMILES string of the molecule is NC(=O)c1ccc(C(F)(F)F)nc1NC1CCSC1. The predicted molar refractivity (Wildman–Crippen MR) is 67.1 cm³/mol. The van der Waals surface area contributed by atoms with E-state index in [1.807, 2.05) is 0 Å².